The first-order valence-electron chi connectivity index (χ1n) is 4.26. The smallest absolute Gasteiger partial charge is 0.741 e. The molecule has 0 aliphatic rings. The van der Waals surface area contributed by atoms with Gasteiger partial charge in [-0.2, -0.15) is 26.3 Å². The minimum atomic E-state index is -6.09. The molecule has 0 spiro atoms. The number of halogens is 6. The summed E-state index contributed by atoms with van der Waals surface area (Å²) in [6, 6.07) is 0. The summed E-state index contributed by atoms with van der Waals surface area (Å²) >= 11 is 0.675. The molecule has 0 aromatic rings. The minimum absolute atomic E-state index is 0. The molecule has 0 aliphatic heterocycles. The summed E-state index contributed by atoms with van der Waals surface area (Å²) in [4.78, 5) is 2.12. The predicted octanol–water partition coefficient (Wildman–Crippen LogP) is 2.35. The molecule has 0 heterocycles. The first-order valence-corrected chi connectivity index (χ1v) is 9.78. The van der Waals surface area contributed by atoms with Crippen LogP contribution < -0.4 is 30.8 Å². The molecule has 180 valence electrons. The van der Waals surface area contributed by atoms with Crippen LogP contribution in [-0.4, -0.2) is 51.9 Å². The monoisotopic (exact) mass is 723 g/mol. The summed E-state index contributed by atoms with van der Waals surface area (Å²) in [5.74, 6) is 2.16. The van der Waals surface area contributed by atoms with Crippen molar-refractivity contribution < 1.29 is 72.1 Å². The molecule has 11 nitrogen and oxygen atoms in total. The fourth-order valence-corrected chi connectivity index (χ4v) is 0.697. The van der Waals surface area contributed by atoms with Gasteiger partial charge in [-0.05, 0) is 0 Å². The van der Waals surface area contributed by atoms with Crippen molar-refractivity contribution in [1.29, 1.82) is 0 Å². The van der Waals surface area contributed by atoms with E-state index in [2.05, 4.69) is 17.4 Å². The van der Waals surface area contributed by atoms with Crippen LogP contribution in [0.1, 0.15) is 0 Å². The standard InChI is InChI=1S/C5H8Se.2CHF3O3S.5H3N.Os/c1-3-4-5-6-2;2*2-1(3,4)8(5,6)7;;;;;;/h3-5H,1H2,2H3;2*(H,5,6,7);5*1H3;/q;;;;;;;;+2/p-2/b5-4-;;;;;;;;. The second-order valence-corrected chi connectivity index (χ2v) is 6.90. The van der Waals surface area contributed by atoms with Crippen molar-refractivity contribution in [3.63, 3.8) is 0 Å². The summed E-state index contributed by atoms with van der Waals surface area (Å²) in [7, 11) is -12.2. The molecule has 0 amide bonds. The van der Waals surface area contributed by atoms with Crippen molar-refractivity contribution in [3.8, 4) is 0 Å². The summed E-state index contributed by atoms with van der Waals surface area (Å²) in [5, 5.41) is 0. The molecule has 0 bridgehead atoms. The van der Waals surface area contributed by atoms with Crippen molar-refractivity contribution >= 4 is 35.2 Å². The zero-order valence-corrected chi connectivity index (χ0v) is 20.2. The molecular formula is C7H23F6N5O6OsS2Se. The SMILES string of the molecule is C=C/C=C\[Se]C.N.N.N.N.N.O=S(=O)([O-])C(F)(F)F.O=S(=O)([O-])C(F)(F)F.[Os+2]. The fourth-order valence-electron chi connectivity index (χ4n) is 0.134. The Morgan fingerprint density at radius 2 is 0.964 bits per heavy atom. The second kappa shape index (κ2) is 23.1. The van der Waals surface area contributed by atoms with Crippen LogP contribution in [-0.2, 0) is 40.0 Å². The molecule has 0 aromatic heterocycles. The second-order valence-electron chi connectivity index (χ2n) is 2.60. The average Bonchev–Trinajstić information content (AvgIpc) is 2.22. The van der Waals surface area contributed by atoms with E-state index in [1.54, 1.807) is 6.08 Å². The van der Waals surface area contributed by atoms with E-state index in [-0.39, 0.29) is 50.5 Å². The van der Waals surface area contributed by atoms with Gasteiger partial charge in [0.2, 0.25) is 0 Å². The van der Waals surface area contributed by atoms with Gasteiger partial charge in [0, 0.05) is 0 Å². The maximum absolute atomic E-state index is 10.7. The zero-order valence-electron chi connectivity index (χ0n) is 14.3. The molecular weight excluding hydrogens is 697 g/mol. The van der Waals surface area contributed by atoms with Gasteiger partial charge in [-0.3, -0.25) is 0 Å². The topological polar surface area (TPSA) is 289 Å². The Balaban J connectivity index is -0.0000000252. The van der Waals surface area contributed by atoms with Gasteiger partial charge in [-0.25, -0.2) is 16.8 Å². The van der Waals surface area contributed by atoms with Gasteiger partial charge < -0.3 is 39.9 Å². The molecule has 0 saturated heterocycles. The quantitative estimate of drug-likeness (QED) is 0.0907. The number of allylic oxidation sites excluding steroid dienone is 2. The number of hydrogen-bond acceptors (Lipinski definition) is 11. The van der Waals surface area contributed by atoms with E-state index in [1.165, 1.54) is 0 Å². The van der Waals surface area contributed by atoms with Crippen LogP contribution in [0.15, 0.2) is 23.7 Å². The largest absolute Gasteiger partial charge is 2.00 e. The van der Waals surface area contributed by atoms with E-state index < -0.39 is 31.3 Å². The third-order valence-electron chi connectivity index (χ3n) is 0.918. The van der Waals surface area contributed by atoms with Gasteiger partial charge in [-0.15, -0.1) is 0 Å². The summed E-state index contributed by atoms with van der Waals surface area (Å²) in [5.41, 5.74) is -11.3. The molecule has 15 N–H and O–H groups in total. The molecule has 0 fully saturated rings. The molecule has 0 radical (unpaired) electrons. The van der Waals surface area contributed by atoms with Gasteiger partial charge >= 0.3 is 75.3 Å². The van der Waals surface area contributed by atoms with E-state index in [0.29, 0.717) is 15.0 Å². The molecule has 0 atom stereocenters. The maximum Gasteiger partial charge on any atom is 2.00 e. The van der Waals surface area contributed by atoms with Gasteiger partial charge in [0.1, 0.15) is 0 Å². The molecule has 28 heavy (non-hydrogen) atoms. The molecule has 0 aliphatic carbocycles. The van der Waals surface area contributed by atoms with Crippen LogP contribution in [0.3, 0.4) is 0 Å². The Labute approximate surface area is 178 Å². The Morgan fingerprint density at radius 1 is 0.786 bits per heavy atom. The zero-order chi connectivity index (χ0) is 18.8. The van der Waals surface area contributed by atoms with Crippen molar-refractivity contribution in [2.75, 3.05) is 0 Å². The molecule has 0 saturated carbocycles. The van der Waals surface area contributed by atoms with Crippen LogP contribution in [0.4, 0.5) is 26.3 Å². The Kier molecular flexibility index (Phi) is 46.7. The van der Waals surface area contributed by atoms with Crippen LogP contribution in [0.25, 0.3) is 0 Å². The molecule has 0 rings (SSSR count). The Bertz CT molecular complexity index is 530. The van der Waals surface area contributed by atoms with Crippen molar-refractivity contribution in [1.82, 2.24) is 30.8 Å². The van der Waals surface area contributed by atoms with Crippen LogP contribution in [0.5, 0.6) is 0 Å². The third-order valence-corrected chi connectivity index (χ3v) is 2.95. The minimum Gasteiger partial charge on any atom is -0.741 e. The molecule has 21 heteroatoms. The van der Waals surface area contributed by atoms with Gasteiger partial charge in [0.15, 0.2) is 20.2 Å². The van der Waals surface area contributed by atoms with E-state index in [9.17, 15) is 26.3 Å². The van der Waals surface area contributed by atoms with Crippen LogP contribution in [0.2, 0.25) is 5.82 Å². The summed E-state index contributed by atoms with van der Waals surface area (Å²) in [6.45, 7) is 3.52. The number of alkyl halides is 6. The van der Waals surface area contributed by atoms with E-state index >= 15 is 0 Å². The van der Waals surface area contributed by atoms with E-state index in [0.717, 1.165) is 0 Å². The van der Waals surface area contributed by atoms with Crippen molar-refractivity contribution in [2.45, 2.75) is 16.8 Å². The van der Waals surface area contributed by atoms with E-state index in [4.69, 9.17) is 25.9 Å². The number of rotatable bonds is 2. The first kappa shape index (κ1) is 56.5. The fraction of sp³-hybridized carbons (Fsp3) is 0.429. The van der Waals surface area contributed by atoms with Gasteiger partial charge in [0.05, 0.1) is 0 Å². The van der Waals surface area contributed by atoms with Crippen LogP contribution >= 0.6 is 0 Å². The number of hydrogen-bond donors (Lipinski definition) is 5. The molecule has 0 aromatic carbocycles. The van der Waals surface area contributed by atoms with Gasteiger partial charge in [0.25, 0.3) is 0 Å². The predicted molar refractivity (Wildman–Crippen MR) is 87.6 cm³/mol. The van der Waals surface area contributed by atoms with Crippen molar-refractivity contribution in [3.05, 3.63) is 23.7 Å². The average molecular weight is 721 g/mol. The summed E-state index contributed by atoms with van der Waals surface area (Å²) < 4.78 is 118. The van der Waals surface area contributed by atoms with Gasteiger partial charge in [-0.1, -0.05) is 0 Å². The third kappa shape index (κ3) is 36.7. The first-order chi connectivity index (χ1) is 9.41. The Hall–Kier alpha value is -0.164. The van der Waals surface area contributed by atoms with Crippen LogP contribution in [0, 0.1) is 0 Å². The normalized spacial score (nSPS) is 10.0. The maximum atomic E-state index is 10.7. The summed E-state index contributed by atoms with van der Waals surface area (Å²) in [6.07, 6.45) is 3.77. The molecule has 0 unspecified atom stereocenters. The van der Waals surface area contributed by atoms with E-state index in [1.807, 2.05) is 6.08 Å². The Morgan fingerprint density at radius 3 is 1.00 bits per heavy atom. The van der Waals surface area contributed by atoms with Crippen molar-refractivity contribution in [2.24, 2.45) is 0 Å².